The van der Waals surface area contributed by atoms with Crippen molar-refractivity contribution in [3.63, 3.8) is 0 Å². The van der Waals surface area contributed by atoms with Gasteiger partial charge in [-0.3, -0.25) is 0 Å². The standard InChI is InChI=1S/C10H15BrN2O2S/c1-8-4-5-10(11)6-9(8)7-12-16(14,15)13(2)3/h4-6,12H,7H2,1-3H3. The first-order valence-electron chi connectivity index (χ1n) is 4.75. The maximum absolute atomic E-state index is 11.5. The summed E-state index contributed by atoms with van der Waals surface area (Å²) in [6.45, 7) is 2.25. The maximum Gasteiger partial charge on any atom is 0.279 e. The predicted octanol–water partition coefficient (Wildman–Crippen LogP) is 1.65. The molecule has 4 nitrogen and oxygen atoms in total. The Morgan fingerprint density at radius 1 is 1.38 bits per heavy atom. The summed E-state index contributed by atoms with van der Waals surface area (Å²) in [4.78, 5) is 0. The molecule has 0 radical (unpaired) electrons. The molecule has 0 heterocycles. The van der Waals surface area contributed by atoms with Crippen LogP contribution in [0.4, 0.5) is 0 Å². The second-order valence-corrected chi connectivity index (χ2v) is 6.56. The van der Waals surface area contributed by atoms with Crippen LogP contribution < -0.4 is 4.72 Å². The van der Waals surface area contributed by atoms with Crippen molar-refractivity contribution in [1.29, 1.82) is 0 Å². The molecule has 0 aliphatic carbocycles. The molecule has 0 aromatic heterocycles. The molecule has 1 aromatic rings. The second kappa shape index (κ2) is 5.27. The van der Waals surface area contributed by atoms with E-state index in [4.69, 9.17) is 0 Å². The number of hydrogen-bond donors (Lipinski definition) is 1. The fourth-order valence-electron chi connectivity index (χ4n) is 1.13. The first kappa shape index (κ1) is 13.6. The Kier molecular flexibility index (Phi) is 4.49. The number of nitrogens with zero attached hydrogens (tertiary/aromatic N) is 1. The van der Waals surface area contributed by atoms with E-state index in [1.54, 1.807) is 0 Å². The lowest BCUT2D eigenvalue weighted by Crippen LogP contribution is -2.35. The first-order valence-corrected chi connectivity index (χ1v) is 6.98. The zero-order valence-electron chi connectivity index (χ0n) is 9.49. The molecular weight excluding hydrogens is 292 g/mol. The van der Waals surface area contributed by atoms with E-state index in [9.17, 15) is 8.42 Å². The van der Waals surface area contributed by atoms with Crippen LogP contribution in [0.5, 0.6) is 0 Å². The molecule has 90 valence electrons. The van der Waals surface area contributed by atoms with E-state index in [0.717, 1.165) is 19.9 Å². The number of halogens is 1. The lowest BCUT2D eigenvalue weighted by Gasteiger charge is -2.13. The predicted molar refractivity (Wildman–Crippen MR) is 68.3 cm³/mol. The van der Waals surface area contributed by atoms with E-state index < -0.39 is 10.2 Å². The highest BCUT2D eigenvalue weighted by molar-refractivity contribution is 9.10. The molecule has 0 fully saturated rings. The lowest BCUT2D eigenvalue weighted by molar-refractivity contribution is 0.505. The molecule has 0 unspecified atom stereocenters. The van der Waals surface area contributed by atoms with Gasteiger partial charge in [0.1, 0.15) is 0 Å². The Labute approximate surface area is 105 Å². The normalized spacial score (nSPS) is 12.1. The molecule has 1 rings (SSSR count). The van der Waals surface area contributed by atoms with Crippen LogP contribution in [0.25, 0.3) is 0 Å². The average Bonchev–Trinajstić information content (AvgIpc) is 2.19. The summed E-state index contributed by atoms with van der Waals surface area (Å²) in [5.74, 6) is 0. The van der Waals surface area contributed by atoms with E-state index >= 15 is 0 Å². The number of hydrogen-bond acceptors (Lipinski definition) is 2. The zero-order chi connectivity index (χ0) is 12.3. The molecule has 0 saturated heterocycles. The Balaban J connectivity index is 2.79. The molecular formula is C10H15BrN2O2S. The van der Waals surface area contributed by atoms with Gasteiger partial charge in [0.05, 0.1) is 0 Å². The van der Waals surface area contributed by atoms with Gasteiger partial charge >= 0.3 is 0 Å². The molecule has 0 amide bonds. The zero-order valence-corrected chi connectivity index (χ0v) is 11.9. The van der Waals surface area contributed by atoms with Crippen LogP contribution in [0, 0.1) is 6.92 Å². The van der Waals surface area contributed by atoms with Crippen molar-refractivity contribution in [1.82, 2.24) is 9.03 Å². The van der Waals surface area contributed by atoms with Crippen molar-refractivity contribution in [2.75, 3.05) is 14.1 Å². The SMILES string of the molecule is Cc1ccc(Br)cc1CNS(=O)(=O)N(C)C. The smallest absolute Gasteiger partial charge is 0.198 e. The van der Waals surface area contributed by atoms with Crippen molar-refractivity contribution >= 4 is 26.1 Å². The van der Waals surface area contributed by atoms with Gasteiger partial charge in [0.25, 0.3) is 10.2 Å². The highest BCUT2D eigenvalue weighted by Gasteiger charge is 2.12. The minimum Gasteiger partial charge on any atom is -0.198 e. The lowest BCUT2D eigenvalue weighted by atomic mass is 10.1. The van der Waals surface area contributed by atoms with Crippen molar-refractivity contribution in [3.8, 4) is 0 Å². The van der Waals surface area contributed by atoms with Crippen molar-refractivity contribution in [3.05, 3.63) is 33.8 Å². The Morgan fingerprint density at radius 2 is 2.00 bits per heavy atom. The van der Waals surface area contributed by atoms with Gasteiger partial charge in [0.15, 0.2) is 0 Å². The summed E-state index contributed by atoms with van der Waals surface area (Å²) < 4.78 is 27.6. The largest absolute Gasteiger partial charge is 0.279 e. The van der Waals surface area contributed by atoms with Gasteiger partial charge in [0.2, 0.25) is 0 Å². The Morgan fingerprint density at radius 3 is 2.56 bits per heavy atom. The molecule has 16 heavy (non-hydrogen) atoms. The molecule has 0 bridgehead atoms. The first-order chi connectivity index (χ1) is 7.33. The third kappa shape index (κ3) is 3.55. The topological polar surface area (TPSA) is 49.4 Å². The Hall–Kier alpha value is -0.430. The molecule has 6 heteroatoms. The summed E-state index contributed by atoms with van der Waals surface area (Å²) in [5, 5.41) is 0. The maximum atomic E-state index is 11.5. The Bertz CT molecular complexity index is 472. The van der Waals surface area contributed by atoms with E-state index in [1.165, 1.54) is 14.1 Å². The summed E-state index contributed by atoms with van der Waals surface area (Å²) >= 11 is 3.36. The molecule has 0 spiro atoms. The highest BCUT2D eigenvalue weighted by Crippen LogP contribution is 2.16. The number of nitrogens with one attached hydrogen (secondary N) is 1. The minimum atomic E-state index is -3.36. The van der Waals surface area contributed by atoms with Crippen molar-refractivity contribution in [2.45, 2.75) is 13.5 Å². The van der Waals surface area contributed by atoms with Gasteiger partial charge < -0.3 is 0 Å². The molecule has 0 saturated carbocycles. The van der Waals surface area contributed by atoms with Crippen LogP contribution in [0.1, 0.15) is 11.1 Å². The van der Waals surface area contributed by atoms with Gasteiger partial charge in [-0.05, 0) is 30.2 Å². The fourth-order valence-corrected chi connectivity index (χ4v) is 2.13. The van der Waals surface area contributed by atoms with E-state index in [0.29, 0.717) is 6.54 Å². The van der Waals surface area contributed by atoms with E-state index in [2.05, 4.69) is 20.7 Å². The van der Waals surface area contributed by atoms with Gasteiger partial charge in [0, 0.05) is 25.1 Å². The van der Waals surface area contributed by atoms with Crippen LogP contribution in [0.15, 0.2) is 22.7 Å². The summed E-state index contributed by atoms with van der Waals surface area (Å²) in [5.41, 5.74) is 2.02. The number of benzene rings is 1. The fraction of sp³-hybridized carbons (Fsp3) is 0.400. The third-order valence-electron chi connectivity index (χ3n) is 2.24. The highest BCUT2D eigenvalue weighted by atomic mass is 79.9. The van der Waals surface area contributed by atoms with Crippen LogP contribution >= 0.6 is 15.9 Å². The van der Waals surface area contributed by atoms with Crippen LogP contribution in [-0.4, -0.2) is 26.8 Å². The van der Waals surface area contributed by atoms with E-state index in [-0.39, 0.29) is 0 Å². The van der Waals surface area contributed by atoms with Crippen molar-refractivity contribution < 1.29 is 8.42 Å². The second-order valence-electron chi connectivity index (χ2n) is 3.68. The quantitative estimate of drug-likeness (QED) is 0.919. The van der Waals surface area contributed by atoms with Gasteiger partial charge in [-0.15, -0.1) is 0 Å². The minimum absolute atomic E-state index is 0.297. The average molecular weight is 307 g/mol. The summed E-state index contributed by atoms with van der Waals surface area (Å²) in [6.07, 6.45) is 0. The van der Waals surface area contributed by atoms with Gasteiger partial charge in [-0.1, -0.05) is 22.0 Å². The molecule has 0 atom stereocenters. The van der Waals surface area contributed by atoms with E-state index in [1.807, 2.05) is 25.1 Å². The molecule has 1 aromatic carbocycles. The molecule has 0 aliphatic rings. The molecule has 1 N–H and O–H groups in total. The van der Waals surface area contributed by atoms with Gasteiger partial charge in [-0.2, -0.15) is 17.4 Å². The van der Waals surface area contributed by atoms with Gasteiger partial charge in [-0.25, -0.2) is 0 Å². The van der Waals surface area contributed by atoms with Crippen LogP contribution in [0.2, 0.25) is 0 Å². The monoisotopic (exact) mass is 306 g/mol. The summed E-state index contributed by atoms with van der Waals surface area (Å²) in [7, 11) is -0.366. The number of rotatable bonds is 4. The van der Waals surface area contributed by atoms with Crippen molar-refractivity contribution in [2.24, 2.45) is 0 Å². The summed E-state index contributed by atoms with van der Waals surface area (Å²) in [6, 6.07) is 5.79. The van der Waals surface area contributed by atoms with Crippen LogP contribution in [-0.2, 0) is 16.8 Å². The molecule has 0 aliphatic heterocycles. The third-order valence-corrected chi connectivity index (χ3v) is 4.20. The number of aryl methyl sites for hydroxylation is 1. The van der Waals surface area contributed by atoms with Crippen LogP contribution in [0.3, 0.4) is 0 Å².